The molecule has 2 heterocycles. The average Bonchev–Trinajstić information content (AvgIpc) is 3.10. The van der Waals surface area contributed by atoms with Gasteiger partial charge < -0.3 is 9.67 Å². The molecule has 0 bridgehead atoms. The first kappa shape index (κ1) is 18.1. The SMILES string of the molecule is CCn1cc(C(=O)O)c(=O)c2ccc(-c3scc(-c4ccccc4)[n+]3C)cc21. The fourth-order valence-electron chi connectivity index (χ4n) is 3.45. The summed E-state index contributed by atoms with van der Waals surface area (Å²) in [6.45, 7) is 2.51. The quantitative estimate of drug-likeness (QED) is 0.536. The van der Waals surface area contributed by atoms with Crippen LogP contribution in [0, 0.1) is 0 Å². The summed E-state index contributed by atoms with van der Waals surface area (Å²) in [5.74, 6) is -1.20. The molecule has 1 N–H and O–H groups in total. The van der Waals surface area contributed by atoms with Gasteiger partial charge in [-0.25, -0.2) is 4.79 Å². The molecular formula is C22H19N2O3S+. The molecule has 0 radical (unpaired) electrons. The van der Waals surface area contributed by atoms with Crippen molar-refractivity contribution >= 4 is 28.2 Å². The van der Waals surface area contributed by atoms with E-state index in [1.54, 1.807) is 17.4 Å². The Labute approximate surface area is 165 Å². The molecule has 0 aliphatic rings. The van der Waals surface area contributed by atoms with Gasteiger partial charge in [0.1, 0.15) is 12.6 Å². The lowest BCUT2D eigenvalue weighted by atomic mass is 10.1. The van der Waals surface area contributed by atoms with E-state index in [2.05, 4.69) is 22.1 Å². The Morgan fingerprint density at radius 2 is 1.89 bits per heavy atom. The molecule has 0 aliphatic carbocycles. The number of nitrogens with zero attached hydrogens (tertiary/aromatic N) is 2. The van der Waals surface area contributed by atoms with Gasteiger partial charge in [0.05, 0.1) is 16.5 Å². The van der Waals surface area contributed by atoms with Crippen LogP contribution >= 0.6 is 11.3 Å². The van der Waals surface area contributed by atoms with Crippen molar-refractivity contribution in [2.75, 3.05) is 0 Å². The number of benzene rings is 2. The highest BCUT2D eigenvalue weighted by Crippen LogP contribution is 2.28. The molecule has 2 aromatic carbocycles. The van der Waals surface area contributed by atoms with E-state index in [-0.39, 0.29) is 5.56 Å². The summed E-state index contributed by atoms with van der Waals surface area (Å²) in [6.07, 6.45) is 1.43. The number of carboxylic acid groups (broad SMARTS) is 1. The third kappa shape index (κ3) is 2.92. The monoisotopic (exact) mass is 391 g/mol. The van der Waals surface area contributed by atoms with Gasteiger partial charge in [-0.2, -0.15) is 4.57 Å². The first-order valence-corrected chi connectivity index (χ1v) is 9.83. The van der Waals surface area contributed by atoms with Crippen LogP contribution in [0.5, 0.6) is 0 Å². The number of aryl methyl sites for hydroxylation is 1. The van der Waals surface area contributed by atoms with Crippen molar-refractivity contribution in [1.29, 1.82) is 0 Å². The maximum absolute atomic E-state index is 12.5. The van der Waals surface area contributed by atoms with E-state index in [0.717, 1.165) is 27.3 Å². The molecule has 0 saturated carbocycles. The molecular weight excluding hydrogens is 372 g/mol. The average molecular weight is 391 g/mol. The van der Waals surface area contributed by atoms with Crippen LogP contribution in [-0.2, 0) is 13.6 Å². The van der Waals surface area contributed by atoms with E-state index in [9.17, 15) is 14.7 Å². The van der Waals surface area contributed by atoms with Crippen LogP contribution in [0.4, 0.5) is 0 Å². The summed E-state index contributed by atoms with van der Waals surface area (Å²) in [7, 11) is 2.03. The first-order valence-electron chi connectivity index (χ1n) is 8.95. The van der Waals surface area contributed by atoms with E-state index in [0.29, 0.717) is 11.9 Å². The molecule has 0 amide bonds. The first-order chi connectivity index (χ1) is 13.5. The van der Waals surface area contributed by atoms with Crippen LogP contribution in [0.2, 0.25) is 0 Å². The van der Waals surface area contributed by atoms with Crippen molar-refractivity contribution < 1.29 is 14.5 Å². The predicted molar refractivity (Wildman–Crippen MR) is 111 cm³/mol. The maximum atomic E-state index is 12.5. The van der Waals surface area contributed by atoms with E-state index in [1.807, 2.05) is 48.9 Å². The predicted octanol–water partition coefficient (Wildman–Crippen LogP) is 3.94. The number of pyridine rings is 1. The lowest BCUT2D eigenvalue weighted by Crippen LogP contribution is -2.30. The van der Waals surface area contributed by atoms with E-state index in [1.165, 1.54) is 6.20 Å². The number of aromatic carboxylic acids is 1. The molecule has 0 spiro atoms. The number of thiazole rings is 1. The number of carbonyl (C=O) groups is 1. The summed E-state index contributed by atoms with van der Waals surface area (Å²) in [4.78, 5) is 23.9. The Hall–Kier alpha value is -3.25. The van der Waals surface area contributed by atoms with Crippen molar-refractivity contribution in [2.24, 2.45) is 7.05 Å². The smallest absolute Gasteiger partial charge is 0.341 e. The number of hydrogen-bond donors (Lipinski definition) is 1. The topological polar surface area (TPSA) is 63.2 Å². The molecule has 0 saturated heterocycles. The number of carboxylic acids is 1. The van der Waals surface area contributed by atoms with Gasteiger partial charge in [0, 0.05) is 23.7 Å². The summed E-state index contributed by atoms with van der Waals surface area (Å²) in [6, 6.07) is 15.8. The second kappa shape index (κ2) is 7.05. The minimum absolute atomic E-state index is 0.199. The fraction of sp³-hybridized carbons (Fsp3) is 0.136. The molecule has 0 fully saturated rings. The zero-order valence-electron chi connectivity index (χ0n) is 15.5. The maximum Gasteiger partial charge on any atom is 0.341 e. The summed E-state index contributed by atoms with van der Waals surface area (Å²) < 4.78 is 3.95. The van der Waals surface area contributed by atoms with Crippen LogP contribution in [0.25, 0.3) is 32.7 Å². The summed E-state index contributed by atoms with van der Waals surface area (Å²) in [5.41, 5.74) is 3.35. The molecule has 6 heteroatoms. The fourth-order valence-corrected chi connectivity index (χ4v) is 4.49. The highest BCUT2D eigenvalue weighted by Gasteiger charge is 2.21. The summed E-state index contributed by atoms with van der Waals surface area (Å²) >= 11 is 1.64. The van der Waals surface area contributed by atoms with Crippen LogP contribution in [0.3, 0.4) is 0 Å². The Morgan fingerprint density at radius 3 is 2.57 bits per heavy atom. The minimum atomic E-state index is -1.20. The third-order valence-electron chi connectivity index (χ3n) is 4.92. The van der Waals surface area contributed by atoms with Crippen LogP contribution in [0.15, 0.2) is 64.9 Å². The molecule has 140 valence electrons. The molecule has 5 nitrogen and oxygen atoms in total. The van der Waals surface area contributed by atoms with E-state index >= 15 is 0 Å². The normalized spacial score (nSPS) is 11.1. The van der Waals surface area contributed by atoms with Gasteiger partial charge >= 0.3 is 5.97 Å². The highest BCUT2D eigenvalue weighted by molar-refractivity contribution is 7.13. The lowest BCUT2D eigenvalue weighted by molar-refractivity contribution is -0.644. The molecule has 0 unspecified atom stereocenters. The molecule has 28 heavy (non-hydrogen) atoms. The van der Waals surface area contributed by atoms with E-state index < -0.39 is 11.4 Å². The Morgan fingerprint density at radius 1 is 1.14 bits per heavy atom. The molecule has 4 rings (SSSR count). The number of rotatable bonds is 4. The van der Waals surface area contributed by atoms with Gasteiger partial charge in [-0.05, 0) is 37.3 Å². The van der Waals surface area contributed by atoms with Crippen LogP contribution < -0.4 is 10.00 Å². The molecule has 0 atom stereocenters. The lowest BCUT2D eigenvalue weighted by Gasteiger charge is -2.10. The van der Waals surface area contributed by atoms with Gasteiger partial charge in [0.2, 0.25) is 11.1 Å². The van der Waals surface area contributed by atoms with Gasteiger partial charge in [0.15, 0.2) is 0 Å². The van der Waals surface area contributed by atoms with Crippen molar-refractivity contribution in [2.45, 2.75) is 13.5 Å². The zero-order valence-corrected chi connectivity index (χ0v) is 16.4. The van der Waals surface area contributed by atoms with Crippen molar-refractivity contribution in [3.05, 3.63) is 75.9 Å². The van der Waals surface area contributed by atoms with Gasteiger partial charge in [0.25, 0.3) is 5.01 Å². The van der Waals surface area contributed by atoms with E-state index in [4.69, 9.17) is 0 Å². The third-order valence-corrected chi connectivity index (χ3v) is 5.99. The molecule has 2 aromatic heterocycles. The van der Waals surface area contributed by atoms with Crippen LogP contribution in [0.1, 0.15) is 17.3 Å². The number of hydrogen-bond acceptors (Lipinski definition) is 3. The minimum Gasteiger partial charge on any atom is -0.477 e. The highest BCUT2D eigenvalue weighted by atomic mass is 32.1. The Bertz CT molecular complexity index is 1260. The van der Waals surface area contributed by atoms with Crippen LogP contribution in [-0.4, -0.2) is 15.6 Å². The van der Waals surface area contributed by atoms with Crippen molar-refractivity contribution in [1.82, 2.24) is 4.57 Å². The molecule has 0 aliphatic heterocycles. The molecule has 4 aromatic rings. The second-order valence-corrected chi connectivity index (χ2v) is 7.40. The standard InChI is InChI=1S/C22H18N2O3S/c1-3-24-12-17(22(26)27)20(25)16-10-9-15(11-18(16)24)21-23(2)19(13-28-21)14-7-5-4-6-8-14/h4-13H,3H2,1-2H3/p+1. The number of aromatic nitrogens is 2. The largest absolute Gasteiger partial charge is 0.477 e. The second-order valence-electron chi connectivity index (χ2n) is 6.55. The van der Waals surface area contributed by atoms with Gasteiger partial charge in [-0.1, -0.05) is 29.5 Å². The Balaban J connectivity index is 1.90. The van der Waals surface area contributed by atoms with Crippen molar-refractivity contribution in [3.8, 4) is 21.8 Å². The number of fused-ring (bicyclic) bond motifs is 1. The van der Waals surface area contributed by atoms with Gasteiger partial charge in [-0.15, -0.1) is 0 Å². The summed E-state index contributed by atoms with van der Waals surface area (Å²) in [5, 5.41) is 12.9. The van der Waals surface area contributed by atoms with Gasteiger partial charge in [-0.3, -0.25) is 4.79 Å². The Kier molecular flexibility index (Phi) is 4.57. The zero-order chi connectivity index (χ0) is 19.8. The van der Waals surface area contributed by atoms with Crippen molar-refractivity contribution in [3.63, 3.8) is 0 Å².